The number of para-hydroxylation sites is 1. The summed E-state index contributed by atoms with van der Waals surface area (Å²) in [4.78, 5) is 9.85. The van der Waals surface area contributed by atoms with Gasteiger partial charge in [-0.05, 0) is 12.1 Å². The van der Waals surface area contributed by atoms with Gasteiger partial charge in [0.1, 0.15) is 5.75 Å². The van der Waals surface area contributed by atoms with E-state index >= 15 is 0 Å². The molecule has 0 aliphatic heterocycles. The van der Waals surface area contributed by atoms with Gasteiger partial charge in [0.05, 0.1) is 5.02 Å². The Bertz CT molecular complexity index is 275. The van der Waals surface area contributed by atoms with Gasteiger partial charge in [-0.3, -0.25) is 0 Å². The summed E-state index contributed by atoms with van der Waals surface area (Å²) in [6.45, 7) is 0. The second kappa shape index (κ2) is 3.74. The fourth-order valence-corrected chi connectivity index (χ4v) is 0.963. The van der Waals surface area contributed by atoms with Crippen molar-refractivity contribution in [3.63, 3.8) is 0 Å². The van der Waals surface area contributed by atoms with Gasteiger partial charge in [-0.2, -0.15) is 0 Å². The Morgan fingerprint density at radius 1 is 1.45 bits per heavy atom. The molecule has 0 bridgehead atoms. The third kappa shape index (κ3) is 2.52. The summed E-state index contributed by atoms with van der Waals surface area (Å²) in [6.07, 6.45) is 0. The molecule has 0 radical (unpaired) electrons. The molecule has 1 aromatic rings. The monoisotopic (exact) mass is 234 g/mol. The fraction of sp³-hybridized carbons (Fsp3) is 0. The molecular weight excluding hydrogens is 231 g/mol. The van der Waals surface area contributed by atoms with Crippen molar-refractivity contribution < 1.29 is 9.53 Å². The van der Waals surface area contributed by atoms with E-state index in [2.05, 4.69) is 15.9 Å². The zero-order chi connectivity index (χ0) is 8.27. The van der Waals surface area contributed by atoms with Crippen LogP contribution in [0.2, 0.25) is 5.02 Å². The molecule has 0 heterocycles. The molecule has 1 aromatic carbocycles. The van der Waals surface area contributed by atoms with E-state index in [0.29, 0.717) is 10.8 Å². The minimum absolute atomic E-state index is 0.357. The Hall–Kier alpha value is -0.540. The van der Waals surface area contributed by atoms with E-state index in [1.165, 1.54) is 0 Å². The van der Waals surface area contributed by atoms with Crippen molar-refractivity contribution in [2.45, 2.75) is 0 Å². The molecule has 0 aliphatic rings. The topological polar surface area (TPSA) is 26.3 Å². The predicted octanol–water partition coefficient (Wildman–Crippen LogP) is 3.23. The number of ether oxygens (including phenoxy) is 1. The highest BCUT2D eigenvalue weighted by molar-refractivity contribution is 9.18. The first kappa shape index (κ1) is 8.56. The lowest BCUT2D eigenvalue weighted by molar-refractivity contribution is 0.228. The van der Waals surface area contributed by atoms with Crippen LogP contribution in [0, 0.1) is 0 Å². The van der Waals surface area contributed by atoms with E-state index in [4.69, 9.17) is 16.3 Å². The number of rotatable bonds is 1. The summed E-state index contributed by atoms with van der Waals surface area (Å²) >= 11 is 8.30. The maximum atomic E-state index is 10.4. The van der Waals surface area contributed by atoms with Crippen molar-refractivity contribution >= 4 is 32.4 Å². The minimum Gasteiger partial charge on any atom is -0.417 e. The number of benzene rings is 1. The highest BCUT2D eigenvalue weighted by Gasteiger charge is 2.02. The van der Waals surface area contributed by atoms with E-state index in [0.717, 1.165) is 0 Å². The van der Waals surface area contributed by atoms with Crippen LogP contribution < -0.4 is 4.74 Å². The fourth-order valence-electron chi connectivity index (χ4n) is 0.614. The van der Waals surface area contributed by atoms with Gasteiger partial charge in [-0.25, -0.2) is 4.79 Å². The number of hydrogen-bond acceptors (Lipinski definition) is 2. The van der Waals surface area contributed by atoms with Crippen molar-refractivity contribution in [1.82, 2.24) is 0 Å². The number of carbonyl (C=O) groups is 1. The molecule has 0 saturated carbocycles. The SMILES string of the molecule is O=C(Br)Oc1ccccc1Cl. The molecule has 0 aliphatic carbocycles. The maximum Gasteiger partial charge on any atom is 0.380 e. The van der Waals surface area contributed by atoms with Crippen molar-refractivity contribution in [2.24, 2.45) is 0 Å². The third-order valence-corrected chi connectivity index (χ3v) is 1.50. The molecule has 0 unspecified atom stereocenters. The Kier molecular flexibility index (Phi) is 2.91. The Morgan fingerprint density at radius 3 is 2.64 bits per heavy atom. The molecule has 0 fully saturated rings. The Morgan fingerprint density at radius 2 is 2.09 bits per heavy atom. The molecule has 0 N–H and O–H groups in total. The molecule has 58 valence electrons. The van der Waals surface area contributed by atoms with Crippen LogP contribution in [0.5, 0.6) is 5.75 Å². The summed E-state index contributed by atoms with van der Waals surface area (Å²) in [5.41, 5.74) is 0. The van der Waals surface area contributed by atoms with E-state index in [9.17, 15) is 4.79 Å². The molecule has 0 amide bonds. The summed E-state index contributed by atoms with van der Waals surface area (Å²) < 4.78 is 4.69. The molecule has 0 atom stereocenters. The second-order valence-electron chi connectivity index (χ2n) is 1.77. The van der Waals surface area contributed by atoms with Gasteiger partial charge in [0.2, 0.25) is 0 Å². The van der Waals surface area contributed by atoms with E-state index in [-0.39, 0.29) is 0 Å². The molecular formula is C7H4BrClO2. The van der Waals surface area contributed by atoms with E-state index in [1.54, 1.807) is 24.3 Å². The standard InChI is InChI=1S/C7H4BrClO2/c8-7(10)11-6-4-2-1-3-5(6)9/h1-4H. The van der Waals surface area contributed by atoms with Gasteiger partial charge in [0, 0.05) is 15.9 Å². The van der Waals surface area contributed by atoms with E-state index < -0.39 is 4.88 Å². The van der Waals surface area contributed by atoms with Crippen LogP contribution in [0.25, 0.3) is 0 Å². The highest BCUT2D eigenvalue weighted by Crippen LogP contribution is 2.23. The molecule has 0 aromatic heterocycles. The lowest BCUT2D eigenvalue weighted by Crippen LogP contribution is -1.95. The van der Waals surface area contributed by atoms with Crippen molar-refractivity contribution in [3.8, 4) is 5.75 Å². The van der Waals surface area contributed by atoms with Crippen LogP contribution in [-0.2, 0) is 0 Å². The van der Waals surface area contributed by atoms with Gasteiger partial charge in [-0.15, -0.1) is 0 Å². The lowest BCUT2D eigenvalue weighted by Gasteiger charge is -2.00. The van der Waals surface area contributed by atoms with Crippen LogP contribution in [0.4, 0.5) is 4.79 Å². The van der Waals surface area contributed by atoms with E-state index in [1.807, 2.05) is 0 Å². The third-order valence-electron chi connectivity index (χ3n) is 1.03. The van der Waals surface area contributed by atoms with Crippen LogP contribution in [0.15, 0.2) is 24.3 Å². The Labute approximate surface area is 77.2 Å². The van der Waals surface area contributed by atoms with Gasteiger partial charge in [0.15, 0.2) is 0 Å². The molecule has 0 spiro atoms. The normalized spacial score (nSPS) is 9.27. The summed E-state index contributed by atoms with van der Waals surface area (Å²) in [6, 6.07) is 6.75. The first-order valence-corrected chi connectivity index (χ1v) is 3.99. The predicted molar refractivity (Wildman–Crippen MR) is 46.4 cm³/mol. The quantitative estimate of drug-likeness (QED) is 0.699. The number of hydrogen-bond donors (Lipinski definition) is 0. The second-order valence-corrected chi connectivity index (χ2v) is 2.82. The first-order chi connectivity index (χ1) is 5.20. The van der Waals surface area contributed by atoms with Crippen molar-refractivity contribution in [1.29, 1.82) is 0 Å². The van der Waals surface area contributed by atoms with Crippen molar-refractivity contribution in [2.75, 3.05) is 0 Å². The minimum atomic E-state index is -0.550. The molecule has 11 heavy (non-hydrogen) atoms. The summed E-state index contributed by atoms with van der Waals surface area (Å²) in [5, 5.41) is 0.417. The average Bonchev–Trinajstić information content (AvgIpc) is 1.93. The first-order valence-electron chi connectivity index (χ1n) is 2.82. The van der Waals surface area contributed by atoms with Crippen LogP contribution >= 0.6 is 27.5 Å². The van der Waals surface area contributed by atoms with Crippen molar-refractivity contribution in [3.05, 3.63) is 29.3 Å². The van der Waals surface area contributed by atoms with Gasteiger partial charge in [-0.1, -0.05) is 23.7 Å². The number of carbonyl (C=O) groups excluding carboxylic acids is 1. The molecule has 0 saturated heterocycles. The highest BCUT2D eigenvalue weighted by atomic mass is 79.9. The van der Waals surface area contributed by atoms with Gasteiger partial charge >= 0.3 is 4.88 Å². The summed E-state index contributed by atoms with van der Waals surface area (Å²) in [7, 11) is 0. The molecule has 2 nitrogen and oxygen atoms in total. The maximum absolute atomic E-state index is 10.4. The van der Waals surface area contributed by atoms with Gasteiger partial charge in [0.25, 0.3) is 0 Å². The van der Waals surface area contributed by atoms with Gasteiger partial charge < -0.3 is 4.74 Å². The molecule has 1 rings (SSSR count). The average molecular weight is 235 g/mol. The zero-order valence-corrected chi connectivity index (χ0v) is 7.72. The summed E-state index contributed by atoms with van der Waals surface area (Å²) in [5.74, 6) is 0.357. The zero-order valence-electron chi connectivity index (χ0n) is 5.38. The largest absolute Gasteiger partial charge is 0.417 e. The smallest absolute Gasteiger partial charge is 0.380 e. The lowest BCUT2D eigenvalue weighted by atomic mass is 10.3. The Balaban J connectivity index is 2.86. The van der Waals surface area contributed by atoms with Crippen LogP contribution in [0.3, 0.4) is 0 Å². The van der Waals surface area contributed by atoms with Crippen LogP contribution in [-0.4, -0.2) is 4.88 Å². The molecule has 4 heteroatoms. The van der Waals surface area contributed by atoms with Crippen LogP contribution in [0.1, 0.15) is 0 Å². The number of halogens is 2.